The number of hydrogen-bond donors (Lipinski definition) is 3. The topological polar surface area (TPSA) is 45.3 Å². The molecule has 2 aromatic rings. The molecule has 0 spiro atoms. The molecule has 0 amide bonds. The SMILES string of the molecule is C.CCONCCNC(=S)NCC(C)CCC(CC)C(C)c1cc(C(F)(F)F)ccc1C.c1ccccc1. The molecule has 0 saturated heterocycles. The van der Waals surface area contributed by atoms with Crippen LogP contribution in [0.4, 0.5) is 13.2 Å². The smallest absolute Gasteiger partial charge is 0.362 e. The lowest BCUT2D eigenvalue weighted by Crippen LogP contribution is -2.40. The van der Waals surface area contributed by atoms with Gasteiger partial charge in [-0.15, -0.1) is 0 Å². The molecule has 0 aromatic heterocycles. The average molecular weight is 556 g/mol. The zero-order chi connectivity index (χ0) is 27.7. The van der Waals surface area contributed by atoms with Gasteiger partial charge in [-0.25, -0.2) is 5.48 Å². The largest absolute Gasteiger partial charge is 0.416 e. The summed E-state index contributed by atoms with van der Waals surface area (Å²) in [6, 6.07) is 16.1. The predicted octanol–water partition coefficient (Wildman–Crippen LogP) is 7.89. The van der Waals surface area contributed by atoms with Gasteiger partial charge in [0.15, 0.2) is 5.11 Å². The van der Waals surface area contributed by atoms with Gasteiger partial charge in [0.1, 0.15) is 0 Å². The van der Waals surface area contributed by atoms with Gasteiger partial charge in [-0.05, 0) is 79.9 Å². The van der Waals surface area contributed by atoms with E-state index in [1.165, 1.54) is 12.1 Å². The molecule has 3 atom stereocenters. The standard InChI is InChI=1S/C23H38F3N3OS.C6H6.CH4/c1-6-19(18(5)21-14-20(23(24,25)26)11-9-17(21)4)10-8-16(3)15-28-22(31)27-12-13-29-30-7-2;1-2-4-6-5-3-1;/h9,11,14,16,18-19,29H,6-8,10,12-13,15H2,1-5H3,(H2,27,28,31);1-6H;1H4. The van der Waals surface area contributed by atoms with Crippen molar-refractivity contribution in [1.29, 1.82) is 0 Å². The average Bonchev–Trinajstić information content (AvgIpc) is 2.88. The van der Waals surface area contributed by atoms with Crippen molar-refractivity contribution in [3.63, 3.8) is 0 Å². The van der Waals surface area contributed by atoms with Crippen LogP contribution in [0.5, 0.6) is 0 Å². The number of rotatable bonds is 13. The molecule has 216 valence electrons. The quantitative estimate of drug-likeness (QED) is 0.133. The summed E-state index contributed by atoms with van der Waals surface area (Å²) in [5.74, 6) is 0.817. The van der Waals surface area contributed by atoms with E-state index in [0.29, 0.717) is 36.6 Å². The molecule has 38 heavy (non-hydrogen) atoms. The Bertz CT molecular complexity index is 854. The van der Waals surface area contributed by atoms with E-state index in [4.69, 9.17) is 17.1 Å². The van der Waals surface area contributed by atoms with Crippen molar-refractivity contribution < 1.29 is 18.0 Å². The number of hydroxylamine groups is 1. The third-order valence-corrected chi connectivity index (χ3v) is 6.68. The van der Waals surface area contributed by atoms with Crippen LogP contribution in [0.1, 0.15) is 77.0 Å². The first-order valence-corrected chi connectivity index (χ1v) is 13.5. The van der Waals surface area contributed by atoms with Gasteiger partial charge in [0, 0.05) is 19.6 Å². The molecule has 0 bridgehead atoms. The fourth-order valence-corrected chi connectivity index (χ4v) is 4.27. The molecule has 0 heterocycles. The van der Waals surface area contributed by atoms with Gasteiger partial charge in [0.05, 0.1) is 12.2 Å². The van der Waals surface area contributed by atoms with Crippen molar-refractivity contribution in [3.05, 3.63) is 71.3 Å². The second-order valence-corrected chi connectivity index (χ2v) is 9.74. The van der Waals surface area contributed by atoms with Crippen LogP contribution in [0, 0.1) is 18.8 Å². The Balaban J connectivity index is 0.00000171. The molecule has 0 aliphatic heterocycles. The summed E-state index contributed by atoms with van der Waals surface area (Å²) < 4.78 is 39.5. The second-order valence-electron chi connectivity index (χ2n) is 9.33. The van der Waals surface area contributed by atoms with E-state index in [1.54, 1.807) is 6.07 Å². The van der Waals surface area contributed by atoms with E-state index in [0.717, 1.165) is 36.9 Å². The van der Waals surface area contributed by atoms with Crippen LogP contribution in [-0.4, -0.2) is 31.4 Å². The Morgan fingerprint density at radius 3 is 2.08 bits per heavy atom. The molecule has 4 nitrogen and oxygen atoms in total. The summed E-state index contributed by atoms with van der Waals surface area (Å²) in [5, 5.41) is 6.97. The first kappa shape index (κ1) is 35.8. The van der Waals surface area contributed by atoms with Gasteiger partial charge >= 0.3 is 6.18 Å². The highest BCUT2D eigenvalue weighted by atomic mass is 32.1. The van der Waals surface area contributed by atoms with Gasteiger partial charge < -0.3 is 15.5 Å². The molecular formula is C30H48F3N3OS. The highest BCUT2D eigenvalue weighted by Crippen LogP contribution is 2.37. The van der Waals surface area contributed by atoms with Crippen molar-refractivity contribution in [2.75, 3.05) is 26.2 Å². The second kappa shape index (κ2) is 19.8. The summed E-state index contributed by atoms with van der Waals surface area (Å²) in [6.45, 7) is 12.9. The molecule has 8 heteroatoms. The first-order chi connectivity index (χ1) is 17.6. The molecule has 0 aliphatic rings. The highest BCUT2D eigenvalue weighted by Gasteiger charge is 2.31. The number of nitrogens with one attached hydrogen (secondary N) is 3. The Hall–Kier alpha value is -2.16. The molecular weight excluding hydrogens is 507 g/mol. The molecule has 2 aromatic carbocycles. The Morgan fingerprint density at radius 1 is 0.947 bits per heavy atom. The molecule has 0 saturated carbocycles. The number of aryl methyl sites for hydroxylation is 1. The van der Waals surface area contributed by atoms with Crippen LogP contribution in [0.15, 0.2) is 54.6 Å². The number of thiocarbonyl (C=S) groups is 1. The summed E-state index contributed by atoms with van der Waals surface area (Å²) in [7, 11) is 0. The van der Waals surface area contributed by atoms with Gasteiger partial charge in [0.25, 0.3) is 0 Å². The Kier molecular flexibility index (Phi) is 18.7. The summed E-state index contributed by atoms with van der Waals surface area (Å²) in [5.41, 5.74) is 3.98. The van der Waals surface area contributed by atoms with Gasteiger partial charge in [-0.1, -0.05) is 77.1 Å². The zero-order valence-corrected chi connectivity index (χ0v) is 23.6. The maximum Gasteiger partial charge on any atom is 0.416 e. The summed E-state index contributed by atoms with van der Waals surface area (Å²) in [4.78, 5) is 5.05. The normalized spacial score (nSPS) is 13.3. The fraction of sp³-hybridized carbons (Fsp3) is 0.567. The van der Waals surface area contributed by atoms with E-state index in [2.05, 4.69) is 36.9 Å². The van der Waals surface area contributed by atoms with Crippen molar-refractivity contribution >= 4 is 17.3 Å². The Labute approximate surface area is 234 Å². The van der Waals surface area contributed by atoms with E-state index >= 15 is 0 Å². The van der Waals surface area contributed by atoms with Gasteiger partial charge in [-0.3, -0.25) is 0 Å². The van der Waals surface area contributed by atoms with Crippen molar-refractivity contribution in [3.8, 4) is 0 Å². The zero-order valence-electron chi connectivity index (χ0n) is 22.8. The van der Waals surface area contributed by atoms with Crippen molar-refractivity contribution in [2.24, 2.45) is 11.8 Å². The highest BCUT2D eigenvalue weighted by molar-refractivity contribution is 7.80. The van der Waals surface area contributed by atoms with Gasteiger partial charge in [0.2, 0.25) is 0 Å². The summed E-state index contributed by atoms with van der Waals surface area (Å²) in [6.07, 6.45) is -1.42. The molecule has 0 fully saturated rings. The monoisotopic (exact) mass is 555 g/mol. The molecule has 0 aliphatic carbocycles. The number of benzene rings is 2. The predicted molar refractivity (Wildman–Crippen MR) is 158 cm³/mol. The van der Waals surface area contributed by atoms with Crippen LogP contribution in [0.2, 0.25) is 0 Å². The van der Waals surface area contributed by atoms with E-state index in [9.17, 15) is 13.2 Å². The van der Waals surface area contributed by atoms with Crippen LogP contribution in [0.25, 0.3) is 0 Å². The molecule has 0 radical (unpaired) electrons. The lowest BCUT2D eigenvalue weighted by atomic mass is 9.79. The molecule has 3 N–H and O–H groups in total. The van der Waals surface area contributed by atoms with Gasteiger partial charge in [-0.2, -0.15) is 13.2 Å². The van der Waals surface area contributed by atoms with Crippen LogP contribution >= 0.6 is 12.2 Å². The number of halogens is 3. The van der Waals surface area contributed by atoms with Crippen molar-refractivity contribution in [2.45, 2.75) is 73.4 Å². The van der Waals surface area contributed by atoms with Crippen LogP contribution in [0.3, 0.4) is 0 Å². The minimum atomic E-state index is -4.31. The minimum absolute atomic E-state index is 0. The fourth-order valence-electron chi connectivity index (χ4n) is 4.09. The van der Waals surface area contributed by atoms with Crippen molar-refractivity contribution in [1.82, 2.24) is 16.1 Å². The maximum absolute atomic E-state index is 13.2. The minimum Gasteiger partial charge on any atom is -0.362 e. The summed E-state index contributed by atoms with van der Waals surface area (Å²) >= 11 is 5.29. The van der Waals surface area contributed by atoms with Crippen LogP contribution in [-0.2, 0) is 11.0 Å². The van der Waals surface area contributed by atoms with E-state index in [1.807, 2.05) is 50.2 Å². The van der Waals surface area contributed by atoms with E-state index < -0.39 is 11.7 Å². The third kappa shape index (κ3) is 14.7. The lowest BCUT2D eigenvalue weighted by Gasteiger charge is -2.27. The van der Waals surface area contributed by atoms with Crippen LogP contribution < -0.4 is 16.1 Å². The molecule has 2 rings (SSSR count). The number of alkyl halides is 3. The maximum atomic E-state index is 13.2. The third-order valence-electron chi connectivity index (χ3n) is 6.40. The number of hydrogen-bond acceptors (Lipinski definition) is 3. The first-order valence-electron chi connectivity index (χ1n) is 13.1. The van der Waals surface area contributed by atoms with E-state index in [-0.39, 0.29) is 13.3 Å². The molecule has 3 unspecified atom stereocenters. The Morgan fingerprint density at radius 2 is 1.55 bits per heavy atom. The lowest BCUT2D eigenvalue weighted by molar-refractivity contribution is -0.137.